The van der Waals surface area contributed by atoms with Crippen LogP contribution in [0.3, 0.4) is 0 Å². The van der Waals surface area contributed by atoms with Crippen molar-refractivity contribution in [1.29, 1.82) is 0 Å². The van der Waals surface area contributed by atoms with Crippen LogP contribution >= 0.6 is 0 Å². The van der Waals surface area contributed by atoms with Crippen LogP contribution in [0.15, 0.2) is 70.6 Å². The van der Waals surface area contributed by atoms with E-state index in [0.29, 0.717) is 17.8 Å². The summed E-state index contributed by atoms with van der Waals surface area (Å²) in [5.41, 5.74) is 1.53. The fraction of sp³-hybridized carbons (Fsp3) is 0.269. The Bertz CT molecular complexity index is 1500. The smallest absolute Gasteiger partial charge is 0.341 e. The van der Waals surface area contributed by atoms with Crippen molar-refractivity contribution in [3.05, 3.63) is 87.8 Å². The molecule has 0 saturated carbocycles. The predicted molar refractivity (Wildman–Crippen MR) is 128 cm³/mol. The molecule has 0 N–H and O–H groups in total. The van der Waals surface area contributed by atoms with Gasteiger partial charge < -0.3 is 9.30 Å². The Balaban J connectivity index is 2.05. The molecule has 3 heterocycles. The molecule has 0 spiro atoms. The Morgan fingerprint density at radius 3 is 2.53 bits per heavy atom. The first-order chi connectivity index (χ1) is 16.4. The molecule has 0 bridgehead atoms. The average molecular weight is 459 g/mol. The third-order valence-electron chi connectivity index (χ3n) is 5.26. The van der Waals surface area contributed by atoms with Crippen LogP contribution in [-0.4, -0.2) is 32.4 Å². The zero-order valence-corrected chi connectivity index (χ0v) is 19.4. The van der Waals surface area contributed by atoms with Gasteiger partial charge in [0.25, 0.3) is 11.5 Å². The molecule has 1 amide bonds. The number of esters is 1. The molecule has 3 aromatic heterocycles. The third-order valence-corrected chi connectivity index (χ3v) is 5.26. The summed E-state index contributed by atoms with van der Waals surface area (Å²) in [4.78, 5) is 48.2. The molecule has 4 rings (SSSR count). The van der Waals surface area contributed by atoms with E-state index in [4.69, 9.17) is 9.72 Å². The number of hydrogen-bond donors (Lipinski definition) is 0. The normalized spacial score (nSPS) is 11.9. The molecule has 0 aliphatic heterocycles. The van der Waals surface area contributed by atoms with Crippen molar-refractivity contribution in [2.24, 2.45) is 10.9 Å². The molecule has 0 unspecified atom stereocenters. The van der Waals surface area contributed by atoms with Crippen molar-refractivity contribution in [3.63, 3.8) is 0 Å². The van der Waals surface area contributed by atoms with Gasteiger partial charge in [0.2, 0.25) is 0 Å². The van der Waals surface area contributed by atoms with Crippen LogP contribution in [0.2, 0.25) is 0 Å². The molecule has 0 saturated heterocycles. The first-order valence-electron chi connectivity index (χ1n) is 11.2. The van der Waals surface area contributed by atoms with Crippen LogP contribution in [0.1, 0.15) is 36.7 Å². The summed E-state index contributed by atoms with van der Waals surface area (Å²) in [6, 6.07) is 16.0. The number of carbonyl (C=O) groups is 2. The number of amides is 1. The van der Waals surface area contributed by atoms with Gasteiger partial charge in [-0.15, -0.1) is 0 Å². The van der Waals surface area contributed by atoms with Gasteiger partial charge in [-0.1, -0.05) is 50.2 Å². The molecule has 0 radical (unpaired) electrons. The van der Waals surface area contributed by atoms with Gasteiger partial charge in [-0.05, 0) is 36.6 Å². The van der Waals surface area contributed by atoms with Crippen molar-refractivity contribution in [2.45, 2.75) is 33.7 Å². The molecule has 4 aromatic rings. The molecule has 0 atom stereocenters. The van der Waals surface area contributed by atoms with E-state index in [1.807, 2.05) is 44.2 Å². The summed E-state index contributed by atoms with van der Waals surface area (Å²) in [5, 5.41) is 0.252. The lowest BCUT2D eigenvalue weighted by molar-refractivity contribution is -0.117. The highest BCUT2D eigenvalue weighted by Crippen LogP contribution is 2.13. The van der Waals surface area contributed by atoms with E-state index in [1.54, 1.807) is 35.9 Å². The van der Waals surface area contributed by atoms with Gasteiger partial charge in [0.05, 0.1) is 18.4 Å². The number of aromatic nitrogens is 3. The van der Waals surface area contributed by atoms with Gasteiger partial charge in [-0.2, -0.15) is 4.99 Å². The highest BCUT2D eigenvalue weighted by Gasteiger charge is 2.20. The monoisotopic (exact) mass is 458 g/mol. The summed E-state index contributed by atoms with van der Waals surface area (Å²) in [5.74, 6) is -0.934. The van der Waals surface area contributed by atoms with Crippen molar-refractivity contribution >= 4 is 28.6 Å². The second-order valence-corrected chi connectivity index (χ2v) is 8.36. The standard InChI is InChI=1S/C26H26N4O4/c1-4-34-26(33)20-15-19-23(27-21-12-8-9-13-29(21)25(19)32)30(16-17(2)3)24(20)28-22(31)14-18-10-6-5-7-11-18/h5-13,15,17H,4,14,16H2,1-3H3. The zero-order valence-electron chi connectivity index (χ0n) is 19.4. The van der Waals surface area contributed by atoms with E-state index < -0.39 is 11.9 Å². The minimum atomic E-state index is -0.647. The quantitative estimate of drug-likeness (QED) is 0.327. The van der Waals surface area contributed by atoms with Gasteiger partial charge in [0.15, 0.2) is 5.49 Å². The molecular weight excluding hydrogens is 432 g/mol. The van der Waals surface area contributed by atoms with Crippen LogP contribution in [-0.2, 0) is 22.5 Å². The van der Waals surface area contributed by atoms with E-state index in [-0.39, 0.29) is 40.9 Å². The maximum absolute atomic E-state index is 13.3. The topological polar surface area (TPSA) is 95.0 Å². The first kappa shape index (κ1) is 23.1. The molecular formula is C26H26N4O4. The number of fused-ring (bicyclic) bond motifs is 2. The highest BCUT2D eigenvalue weighted by molar-refractivity contribution is 5.93. The SMILES string of the molecule is CCOC(=O)c1cc2c(=O)n3ccccc3nc2n(CC(C)C)c1=NC(=O)Cc1ccccc1. The van der Waals surface area contributed by atoms with Crippen LogP contribution in [0.25, 0.3) is 16.7 Å². The van der Waals surface area contributed by atoms with Crippen molar-refractivity contribution in [2.75, 3.05) is 6.61 Å². The Morgan fingerprint density at radius 1 is 1.09 bits per heavy atom. The number of rotatable bonds is 6. The molecule has 34 heavy (non-hydrogen) atoms. The van der Waals surface area contributed by atoms with Gasteiger partial charge in [-0.25, -0.2) is 9.78 Å². The summed E-state index contributed by atoms with van der Waals surface area (Å²) in [6.45, 7) is 6.24. The van der Waals surface area contributed by atoms with E-state index in [1.165, 1.54) is 10.5 Å². The predicted octanol–water partition coefficient (Wildman–Crippen LogP) is 3.15. The van der Waals surface area contributed by atoms with Gasteiger partial charge in [0.1, 0.15) is 16.9 Å². The van der Waals surface area contributed by atoms with E-state index >= 15 is 0 Å². The summed E-state index contributed by atoms with van der Waals surface area (Å²) in [7, 11) is 0. The van der Waals surface area contributed by atoms with Crippen LogP contribution in [0.4, 0.5) is 0 Å². The lowest BCUT2D eigenvalue weighted by atomic mass is 10.1. The highest BCUT2D eigenvalue weighted by atomic mass is 16.5. The van der Waals surface area contributed by atoms with Gasteiger partial charge in [-0.3, -0.25) is 14.0 Å². The second kappa shape index (κ2) is 9.82. The molecule has 0 fully saturated rings. The molecule has 1 aromatic carbocycles. The molecule has 0 aliphatic rings. The minimum absolute atomic E-state index is 0.0613. The maximum atomic E-state index is 13.3. The van der Waals surface area contributed by atoms with Crippen molar-refractivity contribution in [3.8, 4) is 0 Å². The molecule has 8 nitrogen and oxygen atoms in total. The number of benzene rings is 1. The fourth-order valence-electron chi connectivity index (χ4n) is 3.82. The third kappa shape index (κ3) is 4.66. The number of nitrogens with zero attached hydrogens (tertiary/aromatic N) is 4. The number of carbonyl (C=O) groups excluding carboxylic acids is 2. The van der Waals surface area contributed by atoms with E-state index in [0.717, 1.165) is 5.56 Å². The Labute approximate surface area is 196 Å². The molecule has 0 aliphatic carbocycles. The van der Waals surface area contributed by atoms with Crippen LogP contribution in [0.5, 0.6) is 0 Å². The van der Waals surface area contributed by atoms with Gasteiger partial charge in [0, 0.05) is 12.7 Å². The van der Waals surface area contributed by atoms with Crippen molar-refractivity contribution < 1.29 is 14.3 Å². The lowest BCUT2D eigenvalue weighted by Gasteiger charge is -2.16. The maximum Gasteiger partial charge on any atom is 0.341 e. The lowest BCUT2D eigenvalue weighted by Crippen LogP contribution is -2.34. The fourth-order valence-corrected chi connectivity index (χ4v) is 3.82. The number of pyridine rings is 2. The van der Waals surface area contributed by atoms with Crippen molar-refractivity contribution in [1.82, 2.24) is 14.0 Å². The summed E-state index contributed by atoms with van der Waals surface area (Å²) in [6.07, 6.45) is 1.71. The minimum Gasteiger partial charge on any atom is -0.462 e. The summed E-state index contributed by atoms with van der Waals surface area (Å²) < 4.78 is 8.36. The molecule has 174 valence electrons. The Hall–Kier alpha value is -4.07. The number of hydrogen-bond acceptors (Lipinski definition) is 5. The van der Waals surface area contributed by atoms with Gasteiger partial charge >= 0.3 is 5.97 Å². The van der Waals surface area contributed by atoms with E-state index in [9.17, 15) is 14.4 Å². The number of ether oxygens (including phenoxy) is 1. The van der Waals surface area contributed by atoms with E-state index in [2.05, 4.69) is 4.99 Å². The zero-order chi connectivity index (χ0) is 24.2. The first-order valence-corrected chi connectivity index (χ1v) is 11.2. The Kier molecular flexibility index (Phi) is 6.67. The van der Waals surface area contributed by atoms with Crippen LogP contribution in [0, 0.1) is 5.92 Å². The average Bonchev–Trinajstić information content (AvgIpc) is 2.81. The largest absolute Gasteiger partial charge is 0.462 e. The summed E-state index contributed by atoms with van der Waals surface area (Å²) >= 11 is 0. The second-order valence-electron chi connectivity index (χ2n) is 8.36. The Morgan fingerprint density at radius 2 is 1.82 bits per heavy atom. The molecule has 8 heteroatoms. The van der Waals surface area contributed by atoms with Crippen LogP contribution < -0.4 is 11.0 Å².